The van der Waals surface area contributed by atoms with Crippen LogP contribution >= 0.6 is 0 Å². The van der Waals surface area contributed by atoms with Crippen LogP contribution in [0.1, 0.15) is 33.4 Å². The molecule has 0 unspecified atom stereocenters. The molecule has 0 saturated carbocycles. The maximum absolute atomic E-state index is 3.26. The Morgan fingerprint density at radius 3 is 1.25 bits per heavy atom. The van der Waals surface area contributed by atoms with Gasteiger partial charge in [0.25, 0.3) is 0 Å². The minimum absolute atomic E-state index is 1.03. The highest BCUT2D eigenvalue weighted by atomic mass is 14.0. The van der Waals surface area contributed by atoms with E-state index in [4.69, 9.17) is 0 Å². The lowest BCUT2D eigenvalue weighted by atomic mass is 10.1. The minimum atomic E-state index is 1.03. The molecule has 0 saturated heterocycles. The second-order valence-corrected chi connectivity index (χ2v) is 5.84. The molecule has 4 rings (SSSR count). The Morgan fingerprint density at radius 2 is 0.792 bits per heavy atom. The zero-order valence-electron chi connectivity index (χ0n) is 13.2. The van der Waals surface area contributed by atoms with Gasteiger partial charge in [-0.15, -0.1) is 0 Å². The summed E-state index contributed by atoms with van der Waals surface area (Å²) < 4.78 is 0. The maximum atomic E-state index is 3.26. The third kappa shape index (κ3) is 3.37. The van der Waals surface area contributed by atoms with Crippen molar-refractivity contribution in [3.63, 3.8) is 0 Å². The molecule has 0 radical (unpaired) electrons. The lowest BCUT2D eigenvalue weighted by Gasteiger charge is -1.98. The average molecular weight is 304 g/mol. The van der Waals surface area contributed by atoms with Crippen LogP contribution in [-0.2, 0) is 0 Å². The summed E-state index contributed by atoms with van der Waals surface area (Å²) in [5, 5.41) is 0. The molecule has 6 bridgehead atoms. The Hall–Kier alpha value is -3.30. The summed E-state index contributed by atoms with van der Waals surface area (Å²) in [5.41, 5.74) is 6.76. The SMILES string of the molecule is C1#Cc2cccc(c2)/C=C\c2cccc(c2)/C=C\c2cccc1c2. The van der Waals surface area contributed by atoms with E-state index in [2.05, 4.69) is 96.8 Å². The Labute approximate surface area is 142 Å². The van der Waals surface area contributed by atoms with Gasteiger partial charge in [0.05, 0.1) is 0 Å². The summed E-state index contributed by atoms with van der Waals surface area (Å²) in [5.74, 6) is 6.52. The predicted octanol–water partition coefficient (Wildman–Crippen LogP) is 5.74. The van der Waals surface area contributed by atoms with Crippen molar-refractivity contribution in [3.8, 4) is 11.8 Å². The molecule has 0 amide bonds. The zero-order chi connectivity index (χ0) is 16.2. The van der Waals surface area contributed by atoms with Crippen molar-refractivity contribution in [3.05, 3.63) is 106 Å². The third-order valence-corrected chi connectivity index (χ3v) is 3.97. The fourth-order valence-electron chi connectivity index (χ4n) is 2.74. The molecule has 0 nitrogen and oxygen atoms in total. The van der Waals surface area contributed by atoms with Crippen LogP contribution in [0.15, 0.2) is 72.8 Å². The molecule has 0 heteroatoms. The van der Waals surface area contributed by atoms with Crippen molar-refractivity contribution in [2.24, 2.45) is 0 Å². The smallest absolute Gasteiger partial charge is 0.0254 e. The molecular formula is C24H16. The molecule has 0 spiro atoms. The molecule has 1 aliphatic carbocycles. The Morgan fingerprint density at radius 1 is 0.417 bits per heavy atom. The van der Waals surface area contributed by atoms with Crippen LogP contribution in [0.5, 0.6) is 0 Å². The van der Waals surface area contributed by atoms with Crippen LogP contribution in [0, 0.1) is 11.8 Å². The second-order valence-electron chi connectivity index (χ2n) is 5.84. The van der Waals surface area contributed by atoms with Gasteiger partial charge >= 0.3 is 0 Å². The standard InChI is InChI=1S/C24H16/c1-4-19-10-12-21-6-2-8-23(17-21)14-15-24-9-3-7-22(18-24)13-11-20(5-1)16-19/h1-13,16-18H/b12-10-,13-11-. The highest BCUT2D eigenvalue weighted by Crippen LogP contribution is 2.15. The first-order chi connectivity index (χ1) is 11.8. The highest BCUT2D eigenvalue weighted by Gasteiger charge is 1.95. The number of fused-ring (bicyclic) bond motifs is 6. The summed E-state index contributed by atoms with van der Waals surface area (Å²) in [6, 6.07) is 25.2. The molecule has 3 aromatic rings. The van der Waals surface area contributed by atoms with E-state index in [9.17, 15) is 0 Å². The summed E-state index contributed by atoms with van der Waals surface area (Å²) in [6.45, 7) is 0. The largest absolute Gasteiger partial charge is 0.0616 e. The van der Waals surface area contributed by atoms with E-state index in [1.807, 2.05) is 12.1 Å². The van der Waals surface area contributed by atoms with E-state index in [1.54, 1.807) is 0 Å². The van der Waals surface area contributed by atoms with E-state index < -0.39 is 0 Å². The Bertz CT molecular complexity index is 930. The van der Waals surface area contributed by atoms with E-state index in [1.165, 1.54) is 11.1 Å². The molecular weight excluding hydrogens is 288 g/mol. The molecule has 3 aromatic carbocycles. The first-order valence-corrected chi connectivity index (χ1v) is 8.04. The molecule has 1 aliphatic rings. The van der Waals surface area contributed by atoms with E-state index in [0.717, 1.165) is 22.3 Å². The molecule has 0 N–H and O–H groups in total. The summed E-state index contributed by atoms with van der Waals surface area (Å²) in [4.78, 5) is 0. The molecule has 0 aliphatic heterocycles. The summed E-state index contributed by atoms with van der Waals surface area (Å²) in [7, 11) is 0. The maximum Gasteiger partial charge on any atom is 0.0254 e. The zero-order valence-corrected chi connectivity index (χ0v) is 13.2. The van der Waals surface area contributed by atoms with Gasteiger partial charge in [0, 0.05) is 11.1 Å². The van der Waals surface area contributed by atoms with Gasteiger partial charge in [-0.25, -0.2) is 0 Å². The summed E-state index contributed by atoms with van der Waals surface area (Å²) in [6.07, 6.45) is 8.55. The first kappa shape index (κ1) is 14.3. The van der Waals surface area contributed by atoms with Gasteiger partial charge in [0.2, 0.25) is 0 Å². The van der Waals surface area contributed by atoms with Gasteiger partial charge in [0.1, 0.15) is 0 Å². The van der Waals surface area contributed by atoms with E-state index in [0.29, 0.717) is 0 Å². The number of benzene rings is 3. The topological polar surface area (TPSA) is 0 Å². The van der Waals surface area contributed by atoms with Crippen molar-refractivity contribution in [2.75, 3.05) is 0 Å². The predicted molar refractivity (Wildman–Crippen MR) is 103 cm³/mol. The molecule has 0 atom stereocenters. The number of rotatable bonds is 0. The van der Waals surface area contributed by atoms with Crippen molar-refractivity contribution < 1.29 is 0 Å². The molecule has 24 heavy (non-hydrogen) atoms. The van der Waals surface area contributed by atoms with Crippen molar-refractivity contribution in [1.82, 2.24) is 0 Å². The van der Waals surface area contributed by atoms with Crippen LogP contribution in [0.2, 0.25) is 0 Å². The lowest BCUT2D eigenvalue weighted by Crippen LogP contribution is -1.79. The number of hydrogen-bond donors (Lipinski definition) is 0. The quantitative estimate of drug-likeness (QED) is 0.363. The Balaban J connectivity index is 1.89. The van der Waals surface area contributed by atoms with Crippen LogP contribution in [0.3, 0.4) is 0 Å². The molecule has 0 fully saturated rings. The average Bonchev–Trinajstić information content (AvgIpc) is 2.64. The van der Waals surface area contributed by atoms with Crippen molar-refractivity contribution in [2.45, 2.75) is 0 Å². The fraction of sp³-hybridized carbons (Fsp3) is 0. The van der Waals surface area contributed by atoms with E-state index >= 15 is 0 Å². The van der Waals surface area contributed by atoms with Crippen molar-refractivity contribution >= 4 is 24.3 Å². The van der Waals surface area contributed by atoms with Gasteiger partial charge in [0.15, 0.2) is 0 Å². The minimum Gasteiger partial charge on any atom is -0.0616 e. The Kier molecular flexibility index (Phi) is 3.84. The summed E-state index contributed by atoms with van der Waals surface area (Å²) >= 11 is 0. The van der Waals surface area contributed by atoms with E-state index in [-0.39, 0.29) is 0 Å². The van der Waals surface area contributed by atoms with Gasteiger partial charge in [-0.2, -0.15) is 0 Å². The first-order valence-electron chi connectivity index (χ1n) is 8.04. The second kappa shape index (κ2) is 6.44. The molecule has 0 heterocycles. The van der Waals surface area contributed by atoms with Gasteiger partial charge < -0.3 is 0 Å². The normalized spacial score (nSPS) is 14.5. The van der Waals surface area contributed by atoms with Crippen LogP contribution in [0.4, 0.5) is 0 Å². The van der Waals surface area contributed by atoms with Gasteiger partial charge in [-0.3, -0.25) is 0 Å². The van der Waals surface area contributed by atoms with Crippen LogP contribution in [0.25, 0.3) is 24.3 Å². The highest BCUT2D eigenvalue weighted by molar-refractivity contribution is 5.75. The third-order valence-electron chi connectivity index (χ3n) is 3.97. The van der Waals surface area contributed by atoms with Crippen LogP contribution in [-0.4, -0.2) is 0 Å². The lowest BCUT2D eigenvalue weighted by molar-refractivity contribution is 1.59. The molecule has 0 aromatic heterocycles. The van der Waals surface area contributed by atoms with Crippen molar-refractivity contribution in [1.29, 1.82) is 0 Å². The monoisotopic (exact) mass is 304 g/mol. The fourth-order valence-corrected chi connectivity index (χ4v) is 2.74. The van der Waals surface area contributed by atoms with Gasteiger partial charge in [-0.1, -0.05) is 78.6 Å². The number of hydrogen-bond acceptors (Lipinski definition) is 0. The van der Waals surface area contributed by atoms with Crippen LogP contribution < -0.4 is 0 Å². The van der Waals surface area contributed by atoms with Gasteiger partial charge in [-0.05, 0) is 52.6 Å². The molecule has 112 valence electrons.